The lowest BCUT2D eigenvalue weighted by Gasteiger charge is -2.15. The monoisotopic (exact) mass is 265 g/mol. The fourth-order valence-corrected chi connectivity index (χ4v) is 1.25. The molecule has 0 aliphatic carbocycles. The van der Waals surface area contributed by atoms with Crippen LogP contribution in [0, 0.1) is 0 Å². The molecule has 0 aliphatic rings. The summed E-state index contributed by atoms with van der Waals surface area (Å²) in [7, 11) is 1.06. The highest BCUT2D eigenvalue weighted by atomic mass is 19.4. The largest absolute Gasteiger partial charge is 0.573 e. The first-order valence-electron chi connectivity index (χ1n) is 4.67. The Morgan fingerprint density at radius 2 is 2.06 bits per heavy atom. The van der Waals surface area contributed by atoms with Gasteiger partial charge in [0, 0.05) is 5.56 Å². The summed E-state index contributed by atoms with van der Waals surface area (Å²) in [5.41, 5.74) is 5.19. The molecule has 0 amide bonds. The third-order valence-corrected chi connectivity index (χ3v) is 2.05. The third kappa shape index (κ3) is 3.27. The summed E-state index contributed by atoms with van der Waals surface area (Å²) in [5.74, 6) is -2.58. The minimum Gasteiger partial charge on any atom is -0.504 e. The molecule has 1 aromatic carbocycles. The van der Waals surface area contributed by atoms with Gasteiger partial charge in [0.25, 0.3) is 0 Å². The highest BCUT2D eigenvalue weighted by Crippen LogP contribution is 2.36. The number of halogens is 3. The van der Waals surface area contributed by atoms with Gasteiger partial charge in [0.2, 0.25) is 0 Å². The van der Waals surface area contributed by atoms with Crippen LogP contribution in [0.3, 0.4) is 0 Å². The van der Waals surface area contributed by atoms with Crippen molar-refractivity contribution in [3.8, 4) is 11.5 Å². The molecule has 0 saturated heterocycles. The number of methoxy groups -OCH3 is 1. The average molecular weight is 265 g/mol. The Morgan fingerprint density at radius 1 is 1.44 bits per heavy atom. The molecular formula is C10H10F3NO4. The van der Waals surface area contributed by atoms with Gasteiger partial charge in [0.1, 0.15) is 6.04 Å². The molecule has 0 unspecified atom stereocenters. The van der Waals surface area contributed by atoms with E-state index in [2.05, 4.69) is 9.47 Å². The van der Waals surface area contributed by atoms with Crippen molar-refractivity contribution < 1.29 is 32.5 Å². The number of carbonyl (C=O) groups excluding carboxylic acids is 1. The lowest BCUT2D eigenvalue weighted by atomic mass is 10.1. The Balaban J connectivity index is 3.09. The number of phenolic OH excluding ortho intramolecular Hbond substituents is 1. The Hall–Kier alpha value is -1.96. The van der Waals surface area contributed by atoms with Crippen LogP contribution in [0.5, 0.6) is 11.5 Å². The van der Waals surface area contributed by atoms with E-state index in [0.717, 1.165) is 13.2 Å². The van der Waals surface area contributed by atoms with E-state index in [1.54, 1.807) is 0 Å². The number of aromatic hydroxyl groups is 1. The van der Waals surface area contributed by atoms with Crippen molar-refractivity contribution in [3.63, 3.8) is 0 Å². The molecule has 100 valence electrons. The second kappa shape index (κ2) is 5.13. The van der Waals surface area contributed by atoms with Crippen molar-refractivity contribution in [1.29, 1.82) is 0 Å². The molecule has 0 saturated carbocycles. The Morgan fingerprint density at radius 3 is 2.56 bits per heavy atom. The van der Waals surface area contributed by atoms with E-state index in [9.17, 15) is 23.1 Å². The van der Waals surface area contributed by atoms with Crippen LogP contribution >= 0.6 is 0 Å². The minimum absolute atomic E-state index is 0.219. The quantitative estimate of drug-likeness (QED) is 0.808. The lowest BCUT2D eigenvalue weighted by molar-refractivity contribution is -0.275. The normalized spacial score (nSPS) is 12.9. The molecule has 1 atom stereocenters. The second-order valence-corrected chi connectivity index (χ2v) is 3.24. The lowest BCUT2D eigenvalue weighted by Crippen LogP contribution is -2.23. The molecule has 18 heavy (non-hydrogen) atoms. The first-order valence-corrected chi connectivity index (χ1v) is 4.67. The van der Waals surface area contributed by atoms with Gasteiger partial charge in [-0.05, 0) is 6.07 Å². The van der Waals surface area contributed by atoms with Crippen LogP contribution in [0.15, 0.2) is 18.2 Å². The maximum atomic E-state index is 12.0. The number of benzene rings is 1. The highest BCUT2D eigenvalue weighted by Gasteiger charge is 2.33. The van der Waals surface area contributed by atoms with E-state index >= 15 is 0 Å². The summed E-state index contributed by atoms with van der Waals surface area (Å²) >= 11 is 0. The maximum Gasteiger partial charge on any atom is 0.573 e. The zero-order chi connectivity index (χ0) is 13.9. The molecule has 0 fully saturated rings. The van der Waals surface area contributed by atoms with Crippen LogP contribution in [0.4, 0.5) is 13.2 Å². The van der Waals surface area contributed by atoms with Gasteiger partial charge >= 0.3 is 12.3 Å². The summed E-state index contributed by atoms with van der Waals surface area (Å²) < 4.78 is 44.0. The van der Waals surface area contributed by atoms with Crippen LogP contribution in [-0.2, 0) is 9.53 Å². The van der Waals surface area contributed by atoms with Crippen molar-refractivity contribution in [3.05, 3.63) is 23.8 Å². The van der Waals surface area contributed by atoms with Crippen LogP contribution in [-0.4, -0.2) is 24.5 Å². The zero-order valence-corrected chi connectivity index (χ0v) is 9.19. The Labute approximate surface area is 99.9 Å². The Kier molecular flexibility index (Phi) is 4.02. The summed E-state index contributed by atoms with van der Waals surface area (Å²) in [4.78, 5) is 11.1. The Bertz CT molecular complexity index is 447. The van der Waals surface area contributed by atoms with E-state index in [1.165, 1.54) is 12.1 Å². The molecule has 8 heteroatoms. The maximum absolute atomic E-state index is 12.0. The van der Waals surface area contributed by atoms with E-state index < -0.39 is 29.9 Å². The number of ether oxygens (including phenoxy) is 2. The molecule has 1 rings (SSSR count). The number of alkyl halides is 3. The fourth-order valence-electron chi connectivity index (χ4n) is 1.25. The molecule has 5 nitrogen and oxygen atoms in total. The van der Waals surface area contributed by atoms with E-state index in [1.807, 2.05) is 0 Å². The van der Waals surface area contributed by atoms with Gasteiger partial charge in [0.05, 0.1) is 7.11 Å². The average Bonchev–Trinajstić information content (AvgIpc) is 2.28. The molecule has 0 aromatic heterocycles. The fraction of sp³-hybridized carbons (Fsp3) is 0.300. The molecule has 0 bridgehead atoms. The number of hydrogen-bond donors (Lipinski definition) is 2. The van der Waals surface area contributed by atoms with Gasteiger partial charge in [-0.15, -0.1) is 13.2 Å². The van der Waals surface area contributed by atoms with Crippen LogP contribution < -0.4 is 10.5 Å². The van der Waals surface area contributed by atoms with E-state index in [4.69, 9.17) is 5.73 Å². The smallest absolute Gasteiger partial charge is 0.504 e. The number of para-hydroxylation sites is 1. The number of carbonyl (C=O) groups is 1. The third-order valence-electron chi connectivity index (χ3n) is 2.05. The zero-order valence-electron chi connectivity index (χ0n) is 9.19. The van der Waals surface area contributed by atoms with Crippen molar-refractivity contribution in [2.45, 2.75) is 12.4 Å². The first-order chi connectivity index (χ1) is 8.26. The predicted molar refractivity (Wildman–Crippen MR) is 53.7 cm³/mol. The number of esters is 1. The number of nitrogens with two attached hydrogens (primary N) is 1. The SMILES string of the molecule is COC(=O)[C@@H](N)c1cccc(OC(F)(F)F)c1O. The van der Waals surface area contributed by atoms with Crippen molar-refractivity contribution in [1.82, 2.24) is 0 Å². The van der Waals surface area contributed by atoms with Crippen molar-refractivity contribution in [2.24, 2.45) is 5.73 Å². The second-order valence-electron chi connectivity index (χ2n) is 3.24. The van der Waals surface area contributed by atoms with Gasteiger partial charge in [-0.25, -0.2) is 0 Å². The summed E-state index contributed by atoms with van der Waals surface area (Å²) in [6.07, 6.45) is -4.95. The predicted octanol–water partition coefficient (Wildman–Crippen LogP) is 1.46. The van der Waals surface area contributed by atoms with E-state index in [-0.39, 0.29) is 5.56 Å². The van der Waals surface area contributed by atoms with Crippen molar-refractivity contribution >= 4 is 5.97 Å². The van der Waals surface area contributed by atoms with Crippen molar-refractivity contribution in [2.75, 3.05) is 7.11 Å². The molecule has 1 aromatic rings. The molecule has 0 radical (unpaired) electrons. The van der Waals surface area contributed by atoms with Gasteiger partial charge < -0.3 is 20.3 Å². The molecule has 0 aliphatic heterocycles. The topological polar surface area (TPSA) is 81.8 Å². The summed E-state index contributed by atoms with van der Waals surface area (Å²) in [6.45, 7) is 0. The standard InChI is InChI=1S/C10H10F3NO4/c1-17-9(16)7(14)5-3-2-4-6(8(5)15)18-10(11,12)13/h2-4,7,15H,14H2,1H3/t7-/m0/s1. The minimum atomic E-state index is -4.95. The first kappa shape index (κ1) is 14.1. The number of phenols is 1. The summed E-state index contributed by atoms with van der Waals surface area (Å²) in [5, 5.41) is 9.55. The molecular weight excluding hydrogens is 255 g/mol. The van der Waals surface area contributed by atoms with Gasteiger partial charge in [-0.1, -0.05) is 12.1 Å². The molecule has 3 N–H and O–H groups in total. The molecule has 0 heterocycles. The van der Waals surface area contributed by atoms with Crippen LogP contribution in [0.1, 0.15) is 11.6 Å². The molecule has 0 spiro atoms. The number of hydrogen-bond acceptors (Lipinski definition) is 5. The van der Waals surface area contributed by atoms with Gasteiger partial charge in [-0.2, -0.15) is 0 Å². The van der Waals surface area contributed by atoms with Gasteiger partial charge in [-0.3, -0.25) is 4.79 Å². The summed E-state index contributed by atoms with van der Waals surface area (Å²) in [6, 6.07) is 1.86. The van der Waals surface area contributed by atoms with E-state index in [0.29, 0.717) is 0 Å². The number of rotatable bonds is 3. The highest BCUT2D eigenvalue weighted by molar-refractivity contribution is 5.78. The van der Waals surface area contributed by atoms with Crippen LogP contribution in [0.25, 0.3) is 0 Å². The van der Waals surface area contributed by atoms with Gasteiger partial charge in [0.15, 0.2) is 11.5 Å². The van der Waals surface area contributed by atoms with Crippen LogP contribution in [0.2, 0.25) is 0 Å².